The number of ether oxygens (including phenoxy) is 2. The van der Waals surface area contributed by atoms with Gasteiger partial charge in [0.25, 0.3) is 5.91 Å². The fraction of sp³-hybridized carbons (Fsp3) is 0.409. The lowest BCUT2D eigenvalue weighted by Gasteiger charge is -2.38. The second kappa shape index (κ2) is 8.01. The van der Waals surface area contributed by atoms with Crippen LogP contribution in [0.4, 0.5) is 0 Å². The van der Waals surface area contributed by atoms with Gasteiger partial charge in [-0.3, -0.25) is 4.79 Å². The number of rotatable bonds is 5. The van der Waals surface area contributed by atoms with E-state index >= 15 is 0 Å². The van der Waals surface area contributed by atoms with Gasteiger partial charge in [-0.25, -0.2) is 0 Å². The van der Waals surface area contributed by atoms with Crippen LogP contribution >= 0.6 is 0 Å². The molecule has 144 valence electrons. The lowest BCUT2D eigenvalue weighted by molar-refractivity contribution is 0.0478. The molecule has 1 aliphatic heterocycles. The standard InChI is InChI=1S/C22H27NO4/c1-15-5-7-20(26-3)18(12-15)22(8-10-27-11-9-22)14-23-21(25)17-6-4-16(2)13-19(17)24/h4-7,12-13,24H,8-11,14H2,1-3H3,(H,23,25). The van der Waals surface area contributed by atoms with E-state index in [0.717, 1.165) is 35.3 Å². The molecule has 0 radical (unpaired) electrons. The molecule has 1 fully saturated rings. The second-order valence-electron chi connectivity index (χ2n) is 7.30. The molecule has 1 aliphatic rings. The summed E-state index contributed by atoms with van der Waals surface area (Å²) < 4.78 is 11.2. The van der Waals surface area contributed by atoms with Crippen LogP contribution in [0, 0.1) is 13.8 Å². The summed E-state index contributed by atoms with van der Waals surface area (Å²) in [6.07, 6.45) is 1.60. The number of methoxy groups -OCH3 is 1. The van der Waals surface area contributed by atoms with Crippen LogP contribution in [0.5, 0.6) is 11.5 Å². The Hall–Kier alpha value is -2.53. The molecule has 5 nitrogen and oxygen atoms in total. The van der Waals surface area contributed by atoms with Gasteiger partial charge in [0.05, 0.1) is 12.7 Å². The highest BCUT2D eigenvalue weighted by atomic mass is 16.5. The molecule has 0 atom stereocenters. The van der Waals surface area contributed by atoms with Crippen molar-refractivity contribution in [2.45, 2.75) is 32.1 Å². The van der Waals surface area contributed by atoms with Gasteiger partial charge in [-0.1, -0.05) is 23.8 Å². The van der Waals surface area contributed by atoms with Crippen molar-refractivity contribution in [1.82, 2.24) is 5.32 Å². The van der Waals surface area contributed by atoms with Gasteiger partial charge in [-0.2, -0.15) is 0 Å². The molecule has 2 aromatic carbocycles. The van der Waals surface area contributed by atoms with Crippen LogP contribution in [0.1, 0.15) is 39.9 Å². The second-order valence-corrected chi connectivity index (χ2v) is 7.30. The number of nitrogens with one attached hydrogen (secondary N) is 1. The Morgan fingerprint density at radius 3 is 2.48 bits per heavy atom. The molecule has 0 bridgehead atoms. The highest BCUT2D eigenvalue weighted by molar-refractivity contribution is 5.96. The zero-order chi connectivity index (χ0) is 19.4. The highest BCUT2D eigenvalue weighted by Gasteiger charge is 2.37. The molecule has 2 aromatic rings. The predicted octanol–water partition coefficient (Wildman–Crippen LogP) is 3.50. The van der Waals surface area contributed by atoms with E-state index in [9.17, 15) is 9.90 Å². The Labute approximate surface area is 160 Å². The van der Waals surface area contributed by atoms with Gasteiger partial charge >= 0.3 is 0 Å². The van der Waals surface area contributed by atoms with Crippen LogP contribution in [0.3, 0.4) is 0 Å². The normalized spacial score (nSPS) is 16.0. The minimum Gasteiger partial charge on any atom is -0.507 e. The van der Waals surface area contributed by atoms with Crippen molar-refractivity contribution in [2.24, 2.45) is 0 Å². The van der Waals surface area contributed by atoms with E-state index < -0.39 is 0 Å². The van der Waals surface area contributed by atoms with Crippen molar-refractivity contribution in [3.05, 3.63) is 58.7 Å². The van der Waals surface area contributed by atoms with Gasteiger partial charge in [0.15, 0.2) is 0 Å². The van der Waals surface area contributed by atoms with Gasteiger partial charge in [-0.15, -0.1) is 0 Å². The first-order valence-electron chi connectivity index (χ1n) is 9.26. The summed E-state index contributed by atoms with van der Waals surface area (Å²) in [5.74, 6) is 0.557. The van der Waals surface area contributed by atoms with Gasteiger partial charge < -0.3 is 19.9 Å². The molecule has 1 amide bonds. The average Bonchev–Trinajstić information content (AvgIpc) is 2.67. The van der Waals surface area contributed by atoms with E-state index in [1.165, 1.54) is 0 Å². The number of benzene rings is 2. The predicted molar refractivity (Wildman–Crippen MR) is 105 cm³/mol. The third kappa shape index (κ3) is 4.08. The van der Waals surface area contributed by atoms with Gasteiger partial charge in [0, 0.05) is 30.7 Å². The van der Waals surface area contributed by atoms with Crippen molar-refractivity contribution in [2.75, 3.05) is 26.9 Å². The first-order valence-corrected chi connectivity index (χ1v) is 9.26. The fourth-order valence-corrected chi connectivity index (χ4v) is 3.72. The van der Waals surface area contributed by atoms with Crippen LogP contribution in [0.25, 0.3) is 0 Å². The maximum absolute atomic E-state index is 12.7. The largest absolute Gasteiger partial charge is 0.507 e. The Balaban J connectivity index is 1.88. The van der Waals surface area contributed by atoms with E-state index in [0.29, 0.717) is 25.3 Å². The monoisotopic (exact) mass is 369 g/mol. The zero-order valence-corrected chi connectivity index (χ0v) is 16.2. The summed E-state index contributed by atoms with van der Waals surface area (Å²) in [6.45, 7) is 5.68. The molecule has 0 unspecified atom stereocenters. The Bertz CT molecular complexity index is 825. The summed E-state index contributed by atoms with van der Waals surface area (Å²) in [5, 5.41) is 13.1. The van der Waals surface area contributed by atoms with Gasteiger partial charge in [0.1, 0.15) is 11.5 Å². The minimum absolute atomic E-state index is 0.00154. The molecule has 0 aromatic heterocycles. The number of phenols is 1. The molecule has 1 saturated heterocycles. The number of aryl methyl sites for hydroxylation is 2. The molecular weight excluding hydrogens is 342 g/mol. The number of phenolic OH excluding ortho intramolecular Hbond substituents is 1. The maximum atomic E-state index is 12.7. The summed E-state index contributed by atoms with van der Waals surface area (Å²) >= 11 is 0. The molecule has 0 spiro atoms. The van der Waals surface area contributed by atoms with Crippen LogP contribution < -0.4 is 10.1 Å². The Morgan fingerprint density at radius 1 is 1.15 bits per heavy atom. The Kier molecular flexibility index (Phi) is 5.71. The van der Waals surface area contributed by atoms with Gasteiger partial charge in [0.2, 0.25) is 0 Å². The number of carbonyl (C=O) groups is 1. The maximum Gasteiger partial charge on any atom is 0.255 e. The van der Waals surface area contributed by atoms with Crippen LogP contribution in [0.2, 0.25) is 0 Å². The number of carbonyl (C=O) groups excluding carboxylic acids is 1. The van der Waals surface area contributed by atoms with E-state index in [1.807, 2.05) is 25.1 Å². The molecule has 0 aliphatic carbocycles. The summed E-state index contributed by atoms with van der Waals surface area (Å²) in [4.78, 5) is 12.7. The molecular formula is C22H27NO4. The van der Waals surface area contributed by atoms with Gasteiger partial charge in [-0.05, 0) is 50.5 Å². The first kappa shape index (κ1) is 19.2. The number of aromatic hydroxyl groups is 1. The van der Waals surface area contributed by atoms with Crippen LogP contribution in [0.15, 0.2) is 36.4 Å². The summed E-state index contributed by atoms with van der Waals surface area (Å²) in [6, 6.07) is 11.2. The third-order valence-corrected chi connectivity index (χ3v) is 5.36. The van der Waals surface area contributed by atoms with Crippen molar-refractivity contribution in [3.8, 4) is 11.5 Å². The first-order chi connectivity index (χ1) is 12.9. The molecule has 27 heavy (non-hydrogen) atoms. The van der Waals surface area contributed by atoms with Crippen molar-refractivity contribution >= 4 is 5.91 Å². The van der Waals surface area contributed by atoms with Crippen LogP contribution in [-0.4, -0.2) is 37.9 Å². The molecule has 0 saturated carbocycles. The summed E-state index contributed by atoms with van der Waals surface area (Å²) in [5.41, 5.74) is 3.19. The number of hydrogen-bond donors (Lipinski definition) is 2. The molecule has 2 N–H and O–H groups in total. The lowest BCUT2D eigenvalue weighted by Crippen LogP contribution is -2.44. The third-order valence-electron chi connectivity index (χ3n) is 5.36. The number of amides is 1. The zero-order valence-electron chi connectivity index (χ0n) is 16.2. The molecule has 1 heterocycles. The SMILES string of the molecule is COc1ccc(C)cc1C1(CNC(=O)c2ccc(C)cc2O)CCOCC1. The van der Waals surface area contributed by atoms with E-state index in [2.05, 4.69) is 18.3 Å². The molecule has 5 heteroatoms. The van der Waals surface area contributed by atoms with Crippen molar-refractivity contribution in [3.63, 3.8) is 0 Å². The molecule has 3 rings (SSSR count). The quantitative estimate of drug-likeness (QED) is 0.847. The number of hydrogen-bond acceptors (Lipinski definition) is 4. The average molecular weight is 369 g/mol. The van der Waals surface area contributed by atoms with E-state index in [1.54, 1.807) is 19.2 Å². The van der Waals surface area contributed by atoms with E-state index in [-0.39, 0.29) is 17.1 Å². The lowest BCUT2D eigenvalue weighted by atomic mass is 9.73. The topological polar surface area (TPSA) is 67.8 Å². The Morgan fingerprint density at radius 2 is 1.81 bits per heavy atom. The summed E-state index contributed by atoms with van der Waals surface area (Å²) in [7, 11) is 1.67. The smallest absolute Gasteiger partial charge is 0.255 e. The minimum atomic E-state index is -0.273. The van der Waals surface area contributed by atoms with E-state index in [4.69, 9.17) is 9.47 Å². The van der Waals surface area contributed by atoms with Crippen molar-refractivity contribution < 1.29 is 19.4 Å². The van der Waals surface area contributed by atoms with Crippen molar-refractivity contribution in [1.29, 1.82) is 0 Å². The van der Waals surface area contributed by atoms with Crippen LogP contribution in [-0.2, 0) is 10.2 Å². The highest BCUT2D eigenvalue weighted by Crippen LogP contribution is 2.40. The fourth-order valence-electron chi connectivity index (χ4n) is 3.72.